The first kappa shape index (κ1) is 8.21. The van der Waals surface area contributed by atoms with Gasteiger partial charge in [-0.2, -0.15) is 5.26 Å². The Morgan fingerprint density at radius 3 is 2.67 bits per heavy atom. The fourth-order valence-corrected chi connectivity index (χ4v) is 0.803. The molecule has 0 radical (unpaired) electrons. The highest BCUT2D eigenvalue weighted by Gasteiger charge is 2.04. The van der Waals surface area contributed by atoms with E-state index in [-0.39, 0.29) is 17.0 Å². The SMILES string of the molecule is N#Cc1ccc(C(=N)N)c(F)c1. The van der Waals surface area contributed by atoms with Gasteiger partial charge in [0.25, 0.3) is 0 Å². The van der Waals surface area contributed by atoms with Crippen molar-refractivity contribution < 1.29 is 4.39 Å². The topological polar surface area (TPSA) is 73.7 Å². The van der Waals surface area contributed by atoms with Crippen molar-refractivity contribution in [1.29, 1.82) is 10.7 Å². The summed E-state index contributed by atoms with van der Waals surface area (Å²) >= 11 is 0. The smallest absolute Gasteiger partial charge is 0.135 e. The zero-order valence-electron chi connectivity index (χ0n) is 6.13. The monoisotopic (exact) mass is 163 g/mol. The summed E-state index contributed by atoms with van der Waals surface area (Å²) in [5.74, 6) is -0.974. The Hall–Kier alpha value is -1.89. The van der Waals surface area contributed by atoms with Gasteiger partial charge in [-0.3, -0.25) is 5.41 Å². The van der Waals surface area contributed by atoms with Crippen LogP contribution < -0.4 is 5.73 Å². The molecule has 0 bridgehead atoms. The molecular weight excluding hydrogens is 157 g/mol. The zero-order valence-corrected chi connectivity index (χ0v) is 6.13. The van der Waals surface area contributed by atoms with Gasteiger partial charge >= 0.3 is 0 Å². The molecular formula is C8H6FN3. The maximum Gasteiger partial charge on any atom is 0.135 e. The first-order valence-corrected chi connectivity index (χ1v) is 3.19. The van der Waals surface area contributed by atoms with Crippen molar-refractivity contribution in [3.63, 3.8) is 0 Å². The van der Waals surface area contributed by atoms with Crippen LogP contribution in [0.5, 0.6) is 0 Å². The van der Waals surface area contributed by atoms with Crippen molar-refractivity contribution in [2.24, 2.45) is 5.73 Å². The Balaban J connectivity index is 3.23. The van der Waals surface area contributed by atoms with Crippen molar-refractivity contribution in [3.05, 3.63) is 35.1 Å². The lowest BCUT2D eigenvalue weighted by Gasteiger charge is -1.99. The van der Waals surface area contributed by atoms with Crippen LogP contribution in [-0.4, -0.2) is 5.84 Å². The van der Waals surface area contributed by atoms with E-state index in [1.165, 1.54) is 12.1 Å². The van der Waals surface area contributed by atoms with Gasteiger partial charge in [-0.15, -0.1) is 0 Å². The molecule has 0 aromatic heterocycles. The third-order valence-corrected chi connectivity index (χ3v) is 1.39. The molecule has 0 spiro atoms. The van der Waals surface area contributed by atoms with Crippen molar-refractivity contribution in [3.8, 4) is 6.07 Å². The van der Waals surface area contributed by atoms with Crippen LogP contribution in [0.2, 0.25) is 0 Å². The van der Waals surface area contributed by atoms with E-state index in [0.717, 1.165) is 6.07 Å². The van der Waals surface area contributed by atoms with E-state index in [2.05, 4.69) is 0 Å². The van der Waals surface area contributed by atoms with Crippen LogP contribution in [0.15, 0.2) is 18.2 Å². The van der Waals surface area contributed by atoms with E-state index in [1.807, 2.05) is 0 Å². The molecule has 0 aliphatic rings. The van der Waals surface area contributed by atoms with Crippen LogP contribution >= 0.6 is 0 Å². The second kappa shape index (κ2) is 3.01. The van der Waals surface area contributed by atoms with Gasteiger partial charge < -0.3 is 5.73 Å². The average molecular weight is 163 g/mol. The molecule has 3 N–H and O–H groups in total. The Labute approximate surface area is 68.7 Å². The van der Waals surface area contributed by atoms with E-state index in [0.29, 0.717) is 0 Å². The average Bonchev–Trinajstić information content (AvgIpc) is 2.03. The highest BCUT2D eigenvalue weighted by Crippen LogP contribution is 2.08. The first-order chi connectivity index (χ1) is 5.65. The number of benzene rings is 1. The largest absolute Gasteiger partial charge is 0.384 e. The Morgan fingerprint density at radius 1 is 1.58 bits per heavy atom. The molecule has 0 fully saturated rings. The number of nitrogens with one attached hydrogen (secondary N) is 1. The summed E-state index contributed by atoms with van der Waals surface area (Å²) in [4.78, 5) is 0. The number of nitrogen functional groups attached to an aromatic ring is 1. The Kier molecular flexibility index (Phi) is 2.06. The fourth-order valence-electron chi connectivity index (χ4n) is 0.803. The number of nitrogens with two attached hydrogens (primary N) is 1. The van der Waals surface area contributed by atoms with Crippen LogP contribution in [0.25, 0.3) is 0 Å². The van der Waals surface area contributed by atoms with E-state index in [1.54, 1.807) is 6.07 Å². The van der Waals surface area contributed by atoms with E-state index in [4.69, 9.17) is 16.4 Å². The summed E-state index contributed by atoms with van der Waals surface area (Å²) in [7, 11) is 0. The summed E-state index contributed by atoms with van der Waals surface area (Å²) in [5.41, 5.74) is 5.31. The standard InChI is InChI=1S/C8H6FN3/c9-7-3-5(4-10)1-2-6(7)8(11)12/h1-3H,(H3,11,12). The molecule has 0 atom stereocenters. The third kappa shape index (κ3) is 1.40. The third-order valence-electron chi connectivity index (χ3n) is 1.39. The Bertz CT molecular complexity index is 365. The molecule has 0 aliphatic carbocycles. The lowest BCUT2D eigenvalue weighted by Crippen LogP contribution is -2.13. The van der Waals surface area contributed by atoms with Crippen molar-refractivity contribution in [2.45, 2.75) is 0 Å². The molecule has 1 aromatic rings. The van der Waals surface area contributed by atoms with Gasteiger partial charge in [-0.05, 0) is 18.2 Å². The van der Waals surface area contributed by atoms with Gasteiger partial charge in [0.05, 0.1) is 17.2 Å². The van der Waals surface area contributed by atoms with Gasteiger partial charge in [-0.25, -0.2) is 4.39 Å². The number of rotatable bonds is 1. The van der Waals surface area contributed by atoms with Crippen LogP contribution in [0.1, 0.15) is 11.1 Å². The predicted octanol–water partition coefficient (Wildman–Crippen LogP) is 0.981. The molecule has 4 heteroatoms. The van der Waals surface area contributed by atoms with Gasteiger partial charge in [0.2, 0.25) is 0 Å². The molecule has 1 aromatic carbocycles. The molecule has 1 rings (SSSR count). The Morgan fingerprint density at radius 2 is 2.25 bits per heavy atom. The molecule has 0 saturated heterocycles. The molecule has 3 nitrogen and oxygen atoms in total. The van der Waals surface area contributed by atoms with Gasteiger partial charge in [0, 0.05) is 0 Å². The quantitative estimate of drug-likeness (QED) is 0.478. The number of halogens is 1. The maximum atomic E-state index is 12.9. The summed E-state index contributed by atoms with van der Waals surface area (Å²) in [6.45, 7) is 0. The molecule has 0 saturated carbocycles. The molecule has 0 unspecified atom stereocenters. The van der Waals surface area contributed by atoms with E-state index < -0.39 is 5.82 Å². The lowest BCUT2D eigenvalue weighted by atomic mass is 10.1. The highest BCUT2D eigenvalue weighted by atomic mass is 19.1. The van der Waals surface area contributed by atoms with Crippen LogP contribution in [0.3, 0.4) is 0 Å². The van der Waals surface area contributed by atoms with Crippen molar-refractivity contribution >= 4 is 5.84 Å². The van der Waals surface area contributed by atoms with Crippen molar-refractivity contribution in [2.75, 3.05) is 0 Å². The normalized spacial score (nSPS) is 9.00. The van der Waals surface area contributed by atoms with E-state index >= 15 is 0 Å². The van der Waals surface area contributed by atoms with Crippen LogP contribution in [-0.2, 0) is 0 Å². The minimum atomic E-state index is -0.637. The number of hydrogen-bond donors (Lipinski definition) is 2. The molecule has 12 heavy (non-hydrogen) atoms. The predicted molar refractivity (Wildman–Crippen MR) is 42.1 cm³/mol. The maximum absolute atomic E-state index is 12.9. The van der Waals surface area contributed by atoms with Crippen molar-refractivity contribution in [1.82, 2.24) is 0 Å². The fraction of sp³-hybridized carbons (Fsp3) is 0. The second-order valence-corrected chi connectivity index (χ2v) is 2.22. The second-order valence-electron chi connectivity index (χ2n) is 2.22. The van der Waals surface area contributed by atoms with E-state index in [9.17, 15) is 4.39 Å². The number of amidine groups is 1. The highest BCUT2D eigenvalue weighted by molar-refractivity contribution is 5.95. The zero-order chi connectivity index (χ0) is 9.14. The first-order valence-electron chi connectivity index (χ1n) is 3.19. The summed E-state index contributed by atoms with van der Waals surface area (Å²) < 4.78 is 12.9. The summed E-state index contributed by atoms with van der Waals surface area (Å²) in [6.07, 6.45) is 0. The number of hydrogen-bond acceptors (Lipinski definition) is 2. The summed E-state index contributed by atoms with van der Waals surface area (Å²) in [6, 6.07) is 5.57. The molecule has 60 valence electrons. The van der Waals surface area contributed by atoms with Crippen LogP contribution in [0, 0.1) is 22.6 Å². The molecule has 0 amide bonds. The number of nitrogens with zero attached hydrogens (tertiary/aromatic N) is 1. The van der Waals surface area contributed by atoms with Gasteiger partial charge in [-0.1, -0.05) is 0 Å². The number of nitriles is 1. The minimum absolute atomic E-state index is 0.0222. The molecule has 0 aliphatic heterocycles. The lowest BCUT2D eigenvalue weighted by molar-refractivity contribution is 0.624. The van der Waals surface area contributed by atoms with Gasteiger partial charge in [0.15, 0.2) is 0 Å². The van der Waals surface area contributed by atoms with Gasteiger partial charge in [0.1, 0.15) is 11.7 Å². The van der Waals surface area contributed by atoms with Crippen LogP contribution in [0.4, 0.5) is 4.39 Å². The summed E-state index contributed by atoms with van der Waals surface area (Å²) in [5, 5.41) is 15.3. The minimum Gasteiger partial charge on any atom is -0.384 e. The molecule has 0 heterocycles.